The maximum atomic E-state index is 3.49. The molecule has 0 aromatic heterocycles. The van der Waals surface area contributed by atoms with Crippen LogP contribution in [0.25, 0.3) is 0 Å². The Labute approximate surface area is 122 Å². The first-order chi connectivity index (χ1) is 9.29. The molecule has 1 aromatic carbocycles. The molecule has 0 spiro atoms. The van der Waals surface area contributed by atoms with Gasteiger partial charge >= 0.3 is 0 Å². The van der Waals surface area contributed by atoms with Gasteiger partial charge in [0, 0.05) is 16.7 Å². The van der Waals surface area contributed by atoms with Gasteiger partial charge in [0.2, 0.25) is 0 Å². The molecule has 2 rings (SSSR count). The SMILES string of the molecule is CCCNCc1ccc(SC2CCCCC2)cc1C. The van der Waals surface area contributed by atoms with Gasteiger partial charge in [-0.1, -0.05) is 32.3 Å². The maximum Gasteiger partial charge on any atom is 0.0208 e. The van der Waals surface area contributed by atoms with Crippen molar-refractivity contribution in [3.63, 3.8) is 0 Å². The van der Waals surface area contributed by atoms with Gasteiger partial charge in [-0.05, 0) is 56.0 Å². The molecule has 0 atom stereocenters. The summed E-state index contributed by atoms with van der Waals surface area (Å²) in [6.45, 7) is 6.57. The first kappa shape index (κ1) is 14.9. The van der Waals surface area contributed by atoms with Crippen molar-refractivity contribution < 1.29 is 0 Å². The second-order valence-electron chi connectivity index (χ2n) is 5.64. The first-order valence-corrected chi connectivity index (χ1v) is 8.64. The Morgan fingerprint density at radius 1 is 1.21 bits per heavy atom. The topological polar surface area (TPSA) is 12.0 Å². The van der Waals surface area contributed by atoms with Crippen LogP contribution in [0.2, 0.25) is 0 Å². The fourth-order valence-corrected chi connectivity index (χ4v) is 4.06. The van der Waals surface area contributed by atoms with Gasteiger partial charge in [-0.2, -0.15) is 0 Å². The van der Waals surface area contributed by atoms with E-state index in [4.69, 9.17) is 0 Å². The number of hydrogen-bond donors (Lipinski definition) is 1. The second-order valence-corrected chi connectivity index (χ2v) is 7.02. The lowest BCUT2D eigenvalue weighted by Gasteiger charge is -2.21. The Kier molecular flexibility index (Phi) is 6.25. The summed E-state index contributed by atoms with van der Waals surface area (Å²) in [7, 11) is 0. The van der Waals surface area contributed by atoms with Crippen molar-refractivity contribution in [2.24, 2.45) is 0 Å². The molecule has 1 fully saturated rings. The Balaban J connectivity index is 1.90. The van der Waals surface area contributed by atoms with E-state index in [-0.39, 0.29) is 0 Å². The van der Waals surface area contributed by atoms with E-state index in [2.05, 4.69) is 49.1 Å². The van der Waals surface area contributed by atoms with Crippen LogP contribution in [0.4, 0.5) is 0 Å². The first-order valence-electron chi connectivity index (χ1n) is 7.76. The minimum atomic E-state index is 0.859. The largest absolute Gasteiger partial charge is 0.313 e. The summed E-state index contributed by atoms with van der Waals surface area (Å²) in [4.78, 5) is 1.46. The van der Waals surface area contributed by atoms with E-state index in [0.717, 1.165) is 18.3 Å². The van der Waals surface area contributed by atoms with E-state index in [1.807, 2.05) is 0 Å². The number of thioether (sulfide) groups is 1. The highest BCUT2D eigenvalue weighted by atomic mass is 32.2. The fraction of sp³-hybridized carbons (Fsp3) is 0.647. The van der Waals surface area contributed by atoms with Gasteiger partial charge in [0.25, 0.3) is 0 Å². The molecule has 1 aromatic rings. The Bertz CT molecular complexity index is 383. The van der Waals surface area contributed by atoms with Crippen LogP contribution in [-0.4, -0.2) is 11.8 Å². The standard InChI is InChI=1S/C17H27NS/c1-3-11-18-13-15-9-10-17(12-14(15)2)19-16-7-5-4-6-8-16/h9-10,12,16,18H,3-8,11,13H2,1-2H3. The third kappa shape index (κ3) is 4.85. The van der Waals surface area contributed by atoms with Gasteiger partial charge in [-0.25, -0.2) is 0 Å². The molecule has 19 heavy (non-hydrogen) atoms. The molecule has 106 valence electrons. The predicted octanol–water partition coefficient (Wildman–Crippen LogP) is 4.92. The summed E-state index contributed by atoms with van der Waals surface area (Å²) in [5.74, 6) is 0. The molecule has 0 aliphatic heterocycles. The van der Waals surface area contributed by atoms with Gasteiger partial charge in [0.15, 0.2) is 0 Å². The molecule has 0 saturated heterocycles. The molecule has 1 N–H and O–H groups in total. The van der Waals surface area contributed by atoms with Gasteiger partial charge in [0.05, 0.1) is 0 Å². The summed E-state index contributed by atoms with van der Waals surface area (Å²) in [6.07, 6.45) is 8.31. The van der Waals surface area contributed by atoms with Crippen molar-refractivity contribution in [2.75, 3.05) is 6.54 Å². The van der Waals surface area contributed by atoms with Gasteiger partial charge in [-0.15, -0.1) is 11.8 Å². The lowest BCUT2D eigenvalue weighted by molar-refractivity contribution is 0.516. The number of rotatable bonds is 6. The summed E-state index contributed by atoms with van der Waals surface area (Å²) in [5, 5.41) is 4.34. The van der Waals surface area contributed by atoms with Crippen molar-refractivity contribution in [2.45, 2.75) is 69.1 Å². The molecule has 1 aliphatic rings. The van der Waals surface area contributed by atoms with E-state index < -0.39 is 0 Å². The zero-order chi connectivity index (χ0) is 13.5. The molecule has 2 heteroatoms. The molecule has 0 unspecified atom stereocenters. The van der Waals surface area contributed by atoms with Crippen LogP contribution in [0.15, 0.2) is 23.1 Å². The Morgan fingerprint density at radius 3 is 2.68 bits per heavy atom. The highest BCUT2D eigenvalue weighted by molar-refractivity contribution is 8.00. The van der Waals surface area contributed by atoms with Crippen molar-refractivity contribution in [1.82, 2.24) is 5.32 Å². The molecule has 0 bridgehead atoms. The van der Waals surface area contributed by atoms with Crippen LogP contribution in [0, 0.1) is 6.92 Å². The number of aryl methyl sites for hydroxylation is 1. The number of nitrogens with one attached hydrogen (secondary N) is 1. The molecule has 0 heterocycles. The molecule has 0 radical (unpaired) electrons. The third-order valence-electron chi connectivity index (χ3n) is 3.91. The third-order valence-corrected chi connectivity index (χ3v) is 5.24. The quantitative estimate of drug-likeness (QED) is 0.741. The van der Waals surface area contributed by atoms with Gasteiger partial charge in [0.1, 0.15) is 0 Å². The molecular weight excluding hydrogens is 250 g/mol. The van der Waals surface area contributed by atoms with E-state index >= 15 is 0 Å². The monoisotopic (exact) mass is 277 g/mol. The van der Waals surface area contributed by atoms with E-state index in [1.165, 1.54) is 54.5 Å². The Morgan fingerprint density at radius 2 is 2.00 bits per heavy atom. The van der Waals surface area contributed by atoms with Crippen molar-refractivity contribution >= 4 is 11.8 Å². The average molecular weight is 277 g/mol. The van der Waals surface area contributed by atoms with Crippen LogP contribution in [0.5, 0.6) is 0 Å². The lowest BCUT2D eigenvalue weighted by atomic mass is 10.0. The zero-order valence-electron chi connectivity index (χ0n) is 12.4. The summed E-state index contributed by atoms with van der Waals surface area (Å²) in [6, 6.07) is 7.00. The minimum Gasteiger partial charge on any atom is -0.313 e. The lowest BCUT2D eigenvalue weighted by Crippen LogP contribution is -2.14. The number of benzene rings is 1. The maximum absolute atomic E-state index is 3.49. The Hall–Kier alpha value is -0.470. The zero-order valence-corrected chi connectivity index (χ0v) is 13.2. The van der Waals surface area contributed by atoms with E-state index in [0.29, 0.717) is 0 Å². The fourth-order valence-electron chi connectivity index (χ4n) is 2.72. The van der Waals surface area contributed by atoms with Crippen molar-refractivity contribution in [1.29, 1.82) is 0 Å². The minimum absolute atomic E-state index is 0.859. The molecule has 0 amide bonds. The van der Waals surface area contributed by atoms with Gasteiger partial charge in [-0.3, -0.25) is 0 Å². The highest BCUT2D eigenvalue weighted by Crippen LogP contribution is 2.34. The molecule has 1 aliphatic carbocycles. The predicted molar refractivity (Wildman–Crippen MR) is 85.9 cm³/mol. The summed E-state index contributed by atoms with van der Waals surface area (Å²) >= 11 is 2.10. The van der Waals surface area contributed by atoms with E-state index in [9.17, 15) is 0 Å². The molecule has 1 saturated carbocycles. The van der Waals surface area contributed by atoms with Crippen LogP contribution < -0.4 is 5.32 Å². The van der Waals surface area contributed by atoms with Crippen LogP contribution in [-0.2, 0) is 6.54 Å². The smallest absolute Gasteiger partial charge is 0.0208 e. The van der Waals surface area contributed by atoms with E-state index in [1.54, 1.807) is 0 Å². The second kappa shape index (κ2) is 7.96. The van der Waals surface area contributed by atoms with Crippen LogP contribution >= 0.6 is 11.8 Å². The highest BCUT2D eigenvalue weighted by Gasteiger charge is 2.14. The van der Waals surface area contributed by atoms with Crippen molar-refractivity contribution in [3.05, 3.63) is 29.3 Å². The van der Waals surface area contributed by atoms with Crippen molar-refractivity contribution in [3.8, 4) is 0 Å². The van der Waals surface area contributed by atoms with Gasteiger partial charge < -0.3 is 5.32 Å². The summed E-state index contributed by atoms with van der Waals surface area (Å²) < 4.78 is 0. The molecule has 1 nitrogen and oxygen atoms in total. The normalized spacial score (nSPS) is 16.7. The van der Waals surface area contributed by atoms with Crippen LogP contribution in [0.3, 0.4) is 0 Å². The molecular formula is C17H27NS. The van der Waals surface area contributed by atoms with Crippen LogP contribution in [0.1, 0.15) is 56.6 Å². The number of hydrogen-bond acceptors (Lipinski definition) is 2. The average Bonchev–Trinajstić information content (AvgIpc) is 2.43. The summed E-state index contributed by atoms with van der Waals surface area (Å²) in [5.41, 5.74) is 2.88.